The summed E-state index contributed by atoms with van der Waals surface area (Å²) in [4.78, 5) is 14.2. The fourth-order valence-electron chi connectivity index (χ4n) is 4.83. The van der Waals surface area contributed by atoms with Gasteiger partial charge in [-0.15, -0.1) is 0 Å². The van der Waals surface area contributed by atoms with Crippen LogP contribution in [0.3, 0.4) is 0 Å². The fourth-order valence-corrected chi connectivity index (χ4v) is 4.99. The van der Waals surface area contributed by atoms with Crippen molar-refractivity contribution in [3.05, 3.63) is 89.7 Å². The van der Waals surface area contributed by atoms with Gasteiger partial charge in [0.1, 0.15) is 23.2 Å². The number of rotatable bonds is 6. The van der Waals surface area contributed by atoms with Gasteiger partial charge < -0.3 is 29.6 Å². The highest BCUT2D eigenvalue weighted by atomic mass is 32.1. The van der Waals surface area contributed by atoms with E-state index in [0.29, 0.717) is 30.8 Å². The molecule has 38 heavy (non-hydrogen) atoms. The van der Waals surface area contributed by atoms with E-state index in [4.69, 9.17) is 31.3 Å². The van der Waals surface area contributed by atoms with Crippen molar-refractivity contribution in [2.24, 2.45) is 0 Å². The molecule has 2 aromatic carbocycles. The van der Waals surface area contributed by atoms with E-state index in [1.807, 2.05) is 42.5 Å². The number of ether oxygens (including phenoxy) is 1. The second-order valence-corrected chi connectivity index (χ2v) is 9.80. The summed E-state index contributed by atoms with van der Waals surface area (Å²) in [7, 11) is 0. The molecule has 0 amide bonds. The third kappa shape index (κ3) is 5.64. The van der Waals surface area contributed by atoms with E-state index < -0.39 is 0 Å². The third-order valence-electron chi connectivity index (χ3n) is 6.86. The SMILES string of the molecule is S=C(NCc1ccc(-c2ccccc2)o1)Nc1nc(N2CCOCC2)cc(N2CCc3ccccc3C2)n1. The Labute approximate surface area is 227 Å². The van der Waals surface area contributed by atoms with Crippen LogP contribution >= 0.6 is 12.2 Å². The molecule has 2 aromatic heterocycles. The van der Waals surface area contributed by atoms with Crippen molar-refractivity contribution in [3.8, 4) is 11.3 Å². The largest absolute Gasteiger partial charge is 0.459 e. The molecule has 4 heterocycles. The quantitative estimate of drug-likeness (QED) is 0.350. The Morgan fingerprint density at radius 2 is 1.58 bits per heavy atom. The summed E-state index contributed by atoms with van der Waals surface area (Å²) in [5.41, 5.74) is 3.79. The van der Waals surface area contributed by atoms with Crippen LogP contribution in [-0.4, -0.2) is 47.9 Å². The van der Waals surface area contributed by atoms with E-state index in [9.17, 15) is 0 Å². The smallest absolute Gasteiger partial charge is 0.232 e. The van der Waals surface area contributed by atoms with Crippen molar-refractivity contribution in [3.63, 3.8) is 0 Å². The van der Waals surface area contributed by atoms with Crippen molar-refractivity contribution in [1.29, 1.82) is 0 Å². The highest BCUT2D eigenvalue weighted by molar-refractivity contribution is 7.80. The molecule has 9 heteroatoms. The topological polar surface area (TPSA) is 78.7 Å². The summed E-state index contributed by atoms with van der Waals surface area (Å²) in [5, 5.41) is 6.86. The molecule has 0 bridgehead atoms. The Morgan fingerprint density at radius 1 is 0.842 bits per heavy atom. The van der Waals surface area contributed by atoms with Gasteiger partial charge in [-0.2, -0.15) is 9.97 Å². The Kier molecular flexibility index (Phi) is 7.19. The summed E-state index contributed by atoms with van der Waals surface area (Å²) >= 11 is 5.60. The highest BCUT2D eigenvalue weighted by Gasteiger charge is 2.21. The van der Waals surface area contributed by atoms with Crippen LogP contribution in [0.25, 0.3) is 11.3 Å². The minimum Gasteiger partial charge on any atom is -0.459 e. The van der Waals surface area contributed by atoms with E-state index in [0.717, 1.165) is 61.3 Å². The number of fused-ring (bicyclic) bond motifs is 1. The zero-order chi connectivity index (χ0) is 25.7. The van der Waals surface area contributed by atoms with Gasteiger partial charge in [0.05, 0.1) is 19.8 Å². The van der Waals surface area contributed by atoms with Crippen LogP contribution in [0, 0.1) is 0 Å². The molecule has 2 aliphatic rings. The Bertz CT molecular complexity index is 1400. The van der Waals surface area contributed by atoms with Gasteiger partial charge in [-0.3, -0.25) is 0 Å². The Hall–Kier alpha value is -3.95. The highest BCUT2D eigenvalue weighted by Crippen LogP contribution is 2.27. The molecule has 0 saturated carbocycles. The van der Waals surface area contributed by atoms with Crippen LogP contribution in [0.4, 0.5) is 17.6 Å². The van der Waals surface area contributed by atoms with Crippen molar-refractivity contribution in [1.82, 2.24) is 15.3 Å². The minimum atomic E-state index is 0.441. The average molecular weight is 527 g/mol. The van der Waals surface area contributed by atoms with Crippen LogP contribution in [0.5, 0.6) is 0 Å². The first-order chi connectivity index (χ1) is 18.7. The summed E-state index contributed by atoms with van der Waals surface area (Å²) in [5.74, 6) is 3.87. The number of furan rings is 1. The second-order valence-electron chi connectivity index (χ2n) is 9.39. The number of morpholine rings is 1. The fraction of sp³-hybridized carbons (Fsp3) is 0.276. The number of benzene rings is 2. The molecule has 0 spiro atoms. The summed E-state index contributed by atoms with van der Waals surface area (Å²) in [6.07, 6.45) is 0.990. The number of aromatic nitrogens is 2. The molecule has 0 radical (unpaired) electrons. The normalized spacial score (nSPS) is 15.2. The Morgan fingerprint density at radius 3 is 2.39 bits per heavy atom. The van der Waals surface area contributed by atoms with Gasteiger partial charge in [0.25, 0.3) is 0 Å². The molecule has 2 aliphatic heterocycles. The summed E-state index contributed by atoms with van der Waals surface area (Å²) in [6.45, 7) is 5.15. The standard InChI is InChI=1S/C29H30N6O2S/c38-29(30-19-24-10-11-25(37-24)22-7-2-1-3-8-22)33-28-31-26(34-14-16-36-17-15-34)18-27(32-28)35-13-12-21-6-4-5-9-23(21)20-35/h1-11,18H,12-17,19-20H2,(H2,30,31,32,33,38). The first-order valence-electron chi connectivity index (χ1n) is 12.9. The lowest BCUT2D eigenvalue weighted by Crippen LogP contribution is -2.38. The zero-order valence-electron chi connectivity index (χ0n) is 21.1. The summed E-state index contributed by atoms with van der Waals surface area (Å²) < 4.78 is 11.5. The predicted molar refractivity (Wildman–Crippen MR) is 153 cm³/mol. The number of nitrogens with one attached hydrogen (secondary N) is 2. The molecule has 1 fully saturated rings. The molecule has 0 atom stereocenters. The van der Waals surface area contributed by atoms with Gasteiger partial charge in [-0.25, -0.2) is 0 Å². The van der Waals surface area contributed by atoms with Crippen LogP contribution in [-0.2, 0) is 24.2 Å². The zero-order valence-corrected chi connectivity index (χ0v) is 21.9. The number of anilines is 3. The lowest BCUT2D eigenvalue weighted by atomic mass is 10.00. The minimum absolute atomic E-state index is 0.441. The first kappa shape index (κ1) is 24.4. The molecule has 0 unspecified atom stereocenters. The van der Waals surface area contributed by atoms with Crippen molar-refractivity contribution in [2.75, 3.05) is 48.0 Å². The van der Waals surface area contributed by atoms with Crippen molar-refractivity contribution < 1.29 is 9.15 Å². The number of nitrogens with zero attached hydrogens (tertiary/aromatic N) is 4. The molecule has 0 aliphatic carbocycles. The molecule has 2 N–H and O–H groups in total. The molecular formula is C29H30N6O2S. The van der Waals surface area contributed by atoms with Gasteiger partial charge in [0.15, 0.2) is 5.11 Å². The van der Waals surface area contributed by atoms with Crippen LogP contribution in [0.2, 0.25) is 0 Å². The van der Waals surface area contributed by atoms with Crippen LogP contribution < -0.4 is 20.4 Å². The van der Waals surface area contributed by atoms with Crippen molar-refractivity contribution in [2.45, 2.75) is 19.5 Å². The van der Waals surface area contributed by atoms with E-state index in [1.54, 1.807) is 0 Å². The van der Waals surface area contributed by atoms with Gasteiger partial charge in [0, 0.05) is 37.8 Å². The maximum Gasteiger partial charge on any atom is 0.232 e. The van der Waals surface area contributed by atoms with E-state index >= 15 is 0 Å². The van der Waals surface area contributed by atoms with Crippen LogP contribution in [0.1, 0.15) is 16.9 Å². The lowest BCUT2D eigenvalue weighted by Gasteiger charge is -2.32. The first-order valence-corrected chi connectivity index (χ1v) is 13.3. The van der Waals surface area contributed by atoms with E-state index in [1.165, 1.54) is 11.1 Å². The van der Waals surface area contributed by atoms with Gasteiger partial charge in [-0.1, -0.05) is 54.6 Å². The van der Waals surface area contributed by atoms with Gasteiger partial charge in [0.2, 0.25) is 5.95 Å². The van der Waals surface area contributed by atoms with Crippen molar-refractivity contribution >= 4 is 34.9 Å². The maximum atomic E-state index is 5.99. The summed E-state index contributed by atoms with van der Waals surface area (Å²) in [6, 6.07) is 24.7. The maximum absolute atomic E-state index is 5.99. The third-order valence-corrected chi connectivity index (χ3v) is 7.10. The molecule has 8 nitrogen and oxygen atoms in total. The molecular weight excluding hydrogens is 496 g/mol. The number of hydrogen-bond donors (Lipinski definition) is 2. The second kappa shape index (κ2) is 11.2. The number of hydrogen-bond acceptors (Lipinski definition) is 7. The average Bonchev–Trinajstić information content (AvgIpc) is 3.46. The molecule has 4 aromatic rings. The van der Waals surface area contributed by atoms with E-state index in [-0.39, 0.29) is 0 Å². The lowest BCUT2D eigenvalue weighted by molar-refractivity contribution is 0.122. The van der Waals surface area contributed by atoms with Gasteiger partial charge in [-0.05, 0) is 41.9 Å². The van der Waals surface area contributed by atoms with E-state index in [2.05, 4.69) is 50.8 Å². The molecule has 6 rings (SSSR count). The van der Waals surface area contributed by atoms with Gasteiger partial charge >= 0.3 is 0 Å². The molecule has 194 valence electrons. The predicted octanol–water partition coefficient (Wildman–Crippen LogP) is 4.62. The van der Waals surface area contributed by atoms with Crippen LogP contribution in [0.15, 0.2) is 77.2 Å². The molecule has 1 saturated heterocycles. The Balaban J connectivity index is 1.17. The number of thiocarbonyl (C=S) groups is 1. The monoisotopic (exact) mass is 526 g/mol.